The molecule has 24 heavy (non-hydrogen) atoms. The Morgan fingerprint density at radius 3 is 2.92 bits per heavy atom. The fourth-order valence-corrected chi connectivity index (χ4v) is 3.69. The molecule has 1 N–H and O–H groups in total. The van der Waals surface area contributed by atoms with E-state index in [1.807, 2.05) is 36.0 Å². The first kappa shape index (κ1) is 15.1. The molecule has 0 unspecified atom stereocenters. The third kappa shape index (κ3) is 2.65. The summed E-state index contributed by atoms with van der Waals surface area (Å²) in [5.74, 6) is 0.630. The highest BCUT2D eigenvalue weighted by atomic mass is 16.5. The summed E-state index contributed by atoms with van der Waals surface area (Å²) in [5, 5.41) is 3.14. The van der Waals surface area contributed by atoms with Crippen LogP contribution in [0, 0.1) is 0 Å². The Hall–Kier alpha value is -2.41. The van der Waals surface area contributed by atoms with E-state index in [-0.39, 0.29) is 24.1 Å². The first-order chi connectivity index (χ1) is 11.7. The van der Waals surface area contributed by atoms with E-state index in [0.717, 1.165) is 19.4 Å². The van der Waals surface area contributed by atoms with Gasteiger partial charge < -0.3 is 19.5 Å². The van der Waals surface area contributed by atoms with Crippen molar-refractivity contribution in [2.75, 3.05) is 18.1 Å². The second kappa shape index (κ2) is 6.24. The number of ether oxygens (including phenoxy) is 1. The van der Waals surface area contributed by atoms with Crippen molar-refractivity contribution < 1.29 is 9.53 Å². The van der Waals surface area contributed by atoms with Gasteiger partial charge in [0.1, 0.15) is 5.69 Å². The lowest BCUT2D eigenvalue weighted by Crippen LogP contribution is -2.47. The number of nitrogens with zero attached hydrogens (tertiary/aromatic N) is 4. The molecule has 0 bridgehead atoms. The van der Waals surface area contributed by atoms with Crippen molar-refractivity contribution >= 4 is 11.9 Å². The summed E-state index contributed by atoms with van der Waals surface area (Å²) >= 11 is 0. The van der Waals surface area contributed by atoms with Crippen molar-refractivity contribution in [3.63, 3.8) is 0 Å². The average molecular weight is 327 g/mol. The Morgan fingerprint density at radius 1 is 1.33 bits per heavy atom. The smallest absolute Gasteiger partial charge is 0.268 e. The molecule has 126 valence electrons. The number of rotatable bonds is 3. The Balaban J connectivity index is 1.55. The molecule has 7 nitrogen and oxygen atoms in total. The zero-order valence-corrected chi connectivity index (χ0v) is 13.6. The van der Waals surface area contributed by atoms with Gasteiger partial charge in [0.2, 0.25) is 5.95 Å². The molecule has 2 fully saturated rings. The summed E-state index contributed by atoms with van der Waals surface area (Å²) in [6.07, 6.45) is 7.39. The van der Waals surface area contributed by atoms with E-state index >= 15 is 0 Å². The average Bonchev–Trinajstić information content (AvgIpc) is 3.20. The molecule has 4 heterocycles. The van der Waals surface area contributed by atoms with Crippen molar-refractivity contribution in [2.45, 2.75) is 31.0 Å². The third-order valence-corrected chi connectivity index (χ3v) is 4.83. The van der Waals surface area contributed by atoms with Gasteiger partial charge in [-0.15, -0.1) is 0 Å². The summed E-state index contributed by atoms with van der Waals surface area (Å²) < 4.78 is 7.82. The third-order valence-electron chi connectivity index (χ3n) is 4.83. The molecule has 0 aromatic carbocycles. The topological polar surface area (TPSA) is 72.3 Å². The number of amides is 1. The Morgan fingerprint density at radius 2 is 2.17 bits per heavy atom. The first-order valence-corrected chi connectivity index (χ1v) is 8.31. The monoisotopic (exact) mass is 327 g/mol. The van der Waals surface area contributed by atoms with E-state index < -0.39 is 0 Å². The second-order valence-corrected chi connectivity index (χ2v) is 6.33. The number of fused-ring (bicyclic) bond motifs is 1. The minimum Gasteiger partial charge on any atom is -0.374 e. The molecule has 0 spiro atoms. The maximum absolute atomic E-state index is 12.6. The molecule has 1 amide bonds. The summed E-state index contributed by atoms with van der Waals surface area (Å²) in [7, 11) is 1.87. The molecular weight excluding hydrogens is 306 g/mol. The highest BCUT2D eigenvalue weighted by Gasteiger charge is 2.45. The van der Waals surface area contributed by atoms with E-state index in [9.17, 15) is 4.79 Å². The maximum Gasteiger partial charge on any atom is 0.268 e. The van der Waals surface area contributed by atoms with E-state index in [1.54, 1.807) is 12.4 Å². The Bertz CT molecular complexity index is 717. The van der Waals surface area contributed by atoms with E-state index in [4.69, 9.17) is 4.74 Å². The molecule has 2 aromatic rings. The van der Waals surface area contributed by atoms with Gasteiger partial charge in [0.05, 0.1) is 18.2 Å². The minimum atomic E-state index is -0.0729. The predicted molar refractivity (Wildman–Crippen MR) is 88.8 cm³/mol. The van der Waals surface area contributed by atoms with Crippen molar-refractivity contribution in [1.29, 1.82) is 0 Å². The van der Waals surface area contributed by atoms with E-state index in [0.29, 0.717) is 18.2 Å². The Labute approximate surface area is 140 Å². The van der Waals surface area contributed by atoms with E-state index in [1.165, 1.54) is 0 Å². The number of aromatic nitrogens is 3. The van der Waals surface area contributed by atoms with Crippen molar-refractivity contribution in [3.05, 3.63) is 42.5 Å². The maximum atomic E-state index is 12.6. The van der Waals surface area contributed by atoms with Crippen LogP contribution in [0.4, 0.5) is 5.95 Å². The minimum absolute atomic E-state index is 0.0215. The lowest BCUT2D eigenvalue weighted by molar-refractivity contribution is 0.000570. The summed E-state index contributed by atoms with van der Waals surface area (Å²) in [6, 6.07) is 5.64. The van der Waals surface area contributed by atoms with E-state index in [2.05, 4.69) is 20.2 Å². The van der Waals surface area contributed by atoms with Crippen molar-refractivity contribution in [3.8, 4) is 0 Å². The van der Waals surface area contributed by atoms with Gasteiger partial charge in [-0.1, -0.05) is 0 Å². The molecule has 3 atom stereocenters. The van der Waals surface area contributed by atoms with Gasteiger partial charge in [0, 0.05) is 38.8 Å². The van der Waals surface area contributed by atoms with Gasteiger partial charge in [-0.25, -0.2) is 9.97 Å². The quantitative estimate of drug-likeness (QED) is 0.910. The fraction of sp³-hybridized carbons (Fsp3) is 0.471. The predicted octanol–water partition coefficient (Wildman–Crippen LogP) is 0.981. The van der Waals surface area contributed by atoms with Crippen molar-refractivity contribution in [1.82, 2.24) is 19.9 Å². The summed E-state index contributed by atoms with van der Waals surface area (Å²) in [6.45, 7) is 1.40. The van der Waals surface area contributed by atoms with Crippen LogP contribution in [-0.2, 0) is 11.8 Å². The summed E-state index contributed by atoms with van der Waals surface area (Å²) in [5.41, 5.74) is 0.650. The SMILES string of the molecule is Cn1cccc1C(=O)N[C@@H]1CN(c2ncccn2)[C@@H]2CCCO[C@@H]21. The molecule has 2 aromatic heterocycles. The van der Waals surface area contributed by atoms with Crippen LogP contribution in [0.2, 0.25) is 0 Å². The fourth-order valence-electron chi connectivity index (χ4n) is 3.69. The van der Waals surface area contributed by atoms with Gasteiger partial charge in [-0.05, 0) is 31.0 Å². The Kier molecular flexibility index (Phi) is 3.93. The number of carbonyl (C=O) groups is 1. The molecule has 2 saturated heterocycles. The number of carbonyl (C=O) groups excluding carboxylic acids is 1. The first-order valence-electron chi connectivity index (χ1n) is 8.31. The number of anilines is 1. The van der Waals surface area contributed by atoms with Gasteiger partial charge in [-0.2, -0.15) is 0 Å². The van der Waals surface area contributed by atoms with Crippen LogP contribution in [0.15, 0.2) is 36.8 Å². The van der Waals surface area contributed by atoms with Gasteiger partial charge in [-0.3, -0.25) is 4.79 Å². The highest BCUT2D eigenvalue weighted by molar-refractivity contribution is 5.93. The molecule has 7 heteroatoms. The van der Waals surface area contributed by atoms with Gasteiger partial charge in [0.15, 0.2) is 0 Å². The lowest BCUT2D eigenvalue weighted by atomic mass is 10.0. The molecular formula is C17H21N5O2. The molecule has 0 aliphatic carbocycles. The van der Waals surface area contributed by atoms with Crippen LogP contribution >= 0.6 is 0 Å². The normalized spacial score (nSPS) is 26.2. The van der Waals surface area contributed by atoms with Crippen LogP contribution in [-0.4, -0.2) is 51.8 Å². The standard InChI is InChI=1S/C17H21N5O2/c1-21-9-2-5-14(21)16(23)20-12-11-22(17-18-7-4-8-19-17)13-6-3-10-24-15(12)13/h2,4-5,7-9,12-13,15H,3,6,10-11H2,1H3,(H,20,23)/t12-,13-,15-/m1/s1. The van der Waals surface area contributed by atoms with Gasteiger partial charge in [0.25, 0.3) is 5.91 Å². The van der Waals surface area contributed by atoms with Crippen LogP contribution < -0.4 is 10.2 Å². The molecule has 0 saturated carbocycles. The van der Waals surface area contributed by atoms with Crippen molar-refractivity contribution in [2.24, 2.45) is 7.05 Å². The lowest BCUT2D eigenvalue weighted by Gasteiger charge is -2.32. The summed E-state index contributed by atoms with van der Waals surface area (Å²) in [4.78, 5) is 23.5. The van der Waals surface area contributed by atoms with Crippen LogP contribution in [0.25, 0.3) is 0 Å². The zero-order chi connectivity index (χ0) is 16.5. The van der Waals surface area contributed by atoms with Crippen LogP contribution in [0.3, 0.4) is 0 Å². The van der Waals surface area contributed by atoms with Gasteiger partial charge >= 0.3 is 0 Å². The molecule has 0 radical (unpaired) electrons. The molecule has 2 aliphatic rings. The molecule has 4 rings (SSSR count). The van der Waals surface area contributed by atoms with Crippen LogP contribution in [0.1, 0.15) is 23.3 Å². The highest BCUT2D eigenvalue weighted by Crippen LogP contribution is 2.31. The molecule has 2 aliphatic heterocycles. The number of hydrogen-bond donors (Lipinski definition) is 1. The number of hydrogen-bond acceptors (Lipinski definition) is 5. The second-order valence-electron chi connectivity index (χ2n) is 6.33. The van der Waals surface area contributed by atoms with Crippen LogP contribution in [0.5, 0.6) is 0 Å². The largest absolute Gasteiger partial charge is 0.374 e. The number of aryl methyl sites for hydroxylation is 1. The zero-order valence-electron chi connectivity index (χ0n) is 13.6. The number of nitrogens with one attached hydrogen (secondary N) is 1.